The second-order valence-corrected chi connectivity index (χ2v) is 15.3. The second kappa shape index (κ2) is 13.4. The zero-order chi connectivity index (χ0) is 35.3. The Kier molecular flexibility index (Phi) is 8.73. The van der Waals surface area contributed by atoms with Crippen molar-refractivity contribution in [2.24, 2.45) is 5.41 Å². The van der Waals surface area contributed by atoms with Crippen molar-refractivity contribution in [3.05, 3.63) is 71.7 Å². The summed E-state index contributed by atoms with van der Waals surface area (Å²) in [6, 6.07) is 14.9. The van der Waals surface area contributed by atoms with Gasteiger partial charge in [0.2, 0.25) is 17.8 Å². The number of amides is 3. The molecule has 6 heterocycles. The number of nitrogens with one attached hydrogen (secondary N) is 2. The summed E-state index contributed by atoms with van der Waals surface area (Å²) in [5.41, 5.74) is 5.17. The molecule has 2 N–H and O–H groups in total. The van der Waals surface area contributed by atoms with Crippen LogP contribution in [0, 0.1) is 5.41 Å². The van der Waals surface area contributed by atoms with Crippen LogP contribution in [0.4, 0.5) is 17.5 Å². The third-order valence-electron chi connectivity index (χ3n) is 11.7. The van der Waals surface area contributed by atoms with Gasteiger partial charge in [-0.1, -0.05) is 31.0 Å². The molecule has 0 bridgehead atoms. The lowest BCUT2D eigenvalue weighted by Crippen LogP contribution is -2.60. The molecule has 3 aliphatic heterocycles. The fourth-order valence-electron chi connectivity index (χ4n) is 8.62. The van der Waals surface area contributed by atoms with Gasteiger partial charge < -0.3 is 19.7 Å². The highest BCUT2D eigenvalue weighted by Crippen LogP contribution is 2.45. The van der Waals surface area contributed by atoms with Crippen LogP contribution in [-0.2, 0) is 9.59 Å². The molecule has 51 heavy (non-hydrogen) atoms. The number of anilines is 3. The van der Waals surface area contributed by atoms with E-state index >= 15 is 0 Å². The summed E-state index contributed by atoms with van der Waals surface area (Å²) < 4.78 is 2.13. The van der Waals surface area contributed by atoms with Crippen molar-refractivity contribution in [2.45, 2.75) is 76.3 Å². The van der Waals surface area contributed by atoms with Crippen LogP contribution < -0.4 is 15.5 Å². The minimum absolute atomic E-state index is 0.0185. The summed E-state index contributed by atoms with van der Waals surface area (Å²) in [5.74, 6) is 0.531. The van der Waals surface area contributed by atoms with Gasteiger partial charge in [-0.2, -0.15) is 4.98 Å². The van der Waals surface area contributed by atoms with Crippen molar-refractivity contribution in [2.75, 3.05) is 50.5 Å². The molecule has 266 valence electrons. The van der Waals surface area contributed by atoms with E-state index in [-0.39, 0.29) is 35.7 Å². The van der Waals surface area contributed by atoms with Gasteiger partial charge in [0, 0.05) is 82.2 Å². The number of benzene rings is 1. The molecule has 8 rings (SSSR count). The number of likely N-dealkylation sites (tertiary alicyclic amines) is 1. The van der Waals surface area contributed by atoms with Crippen LogP contribution in [0.15, 0.2) is 54.9 Å². The van der Waals surface area contributed by atoms with E-state index in [4.69, 9.17) is 9.97 Å². The summed E-state index contributed by atoms with van der Waals surface area (Å²) in [7, 11) is 3.57. The monoisotopic (exact) mass is 689 g/mol. The Morgan fingerprint density at radius 2 is 1.73 bits per heavy atom. The predicted molar refractivity (Wildman–Crippen MR) is 196 cm³/mol. The number of hydrogen-bond donors (Lipinski definition) is 2. The van der Waals surface area contributed by atoms with E-state index in [2.05, 4.69) is 55.1 Å². The predicted octanol–water partition coefficient (Wildman–Crippen LogP) is 5.57. The van der Waals surface area contributed by atoms with E-state index in [1.54, 1.807) is 25.2 Å². The van der Waals surface area contributed by atoms with Gasteiger partial charge in [0.15, 0.2) is 0 Å². The van der Waals surface area contributed by atoms with Crippen molar-refractivity contribution in [1.82, 2.24) is 34.6 Å². The second-order valence-electron chi connectivity index (χ2n) is 15.3. The molecule has 1 saturated carbocycles. The molecule has 0 radical (unpaired) electrons. The molecule has 1 spiro atoms. The average molecular weight is 690 g/mol. The van der Waals surface area contributed by atoms with Gasteiger partial charge in [-0.15, -0.1) is 0 Å². The van der Waals surface area contributed by atoms with Crippen molar-refractivity contribution in [1.29, 1.82) is 0 Å². The van der Waals surface area contributed by atoms with E-state index in [0.717, 1.165) is 81.3 Å². The van der Waals surface area contributed by atoms with Crippen LogP contribution in [0.5, 0.6) is 0 Å². The highest BCUT2D eigenvalue weighted by Gasteiger charge is 2.46. The van der Waals surface area contributed by atoms with Crippen LogP contribution >= 0.6 is 0 Å². The fourth-order valence-corrected chi connectivity index (χ4v) is 8.62. The van der Waals surface area contributed by atoms with Crippen LogP contribution in [-0.4, -0.2) is 87.3 Å². The lowest BCUT2D eigenvalue weighted by molar-refractivity contribution is -0.134. The van der Waals surface area contributed by atoms with Crippen molar-refractivity contribution in [3.63, 3.8) is 0 Å². The molecular formula is C39H47N9O3. The van der Waals surface area contributed by atoms with E-state index in [1.807, 2.05) is 30.5 Å². The van der Waals surface area contributed by atoms with Crippen LogP contribution in [0.3, 0.4) is 0 Å². The topological polar surface area (TPSA) is 129 Å². The zero-order valence-corrected chi connectivity index (χ0v) is 29.8. The van der Waals surface area contributed by atoms with E-state index in [0.29, 0.717) is 35.7 Å². The summed E-state index contributed by atoms with van der Waals surface area (Å²) in [6.07, 6.45) is 11.5. The molecule has 0 unspecified atom stereocenters. The smallest absolute Gasteiger partial charge is 0.270 e. The van der Waals surface area contributed by atoms with Crippen molar-refractivity contribution >= 4 is 46.2 Å². The Morgan fingerprint density at radius 1 is 0.980 bits per heavy atom. The van der Waals surface area contributed by atoms with E-state index in [9.17, 15) is 14.4 Å². The maximum absolute atomic E-state index is 13.1. The lowest BCUT2D eigenvalue weighted by Gasteiger charge is -2.56. The van der Waals surface area contributed by atoms with Gasteiger partial charge in [0.25, 0.3) is 5.91 Å². The minimum atomic E-state index is -0.244. The number of rotatable bonds is 8. The number of carbonyl (C=O) groups is 3. The number of carbonyl (C=O) groups excluding carboxylic acids is 3. The summed E-state index contributed by atoms with van der Waals surface area (Å²) in [5, 5.41) is 6.63. The Labute approximate surface area is 298 Å². The first-order chi connectivity index (χ1) is 24.7. The van der Waals surface area contributed by atoms with Gasteiger partial charge in [-0.3, -0.25) is 24.6 Å². The number of hydrogen-bond acceptors (Lipinski definition) is 9. The third kappa shape index (κ3) is 6.45. The number of pyridine rings is 1. The van der Waals surface area contributed by atoms with E-state index < -0.39 is 0 Å². The lowest BCUT2D eigenvalue weighted by atomic mass is 9.71. The molecule has 1 aromatic carbocycles. The Morgan fingerprint density at radius 3 is 2.39 bits per heavy atom. The third-order valence-corrected chi connectivity index (χ3v) is 11.7. The first kappa shape index (κ1) is 33.3. The summed E-state index contributed by atoms with van der Waals surface area (Å²) in [4.78, 5) is 57.7. The molecule has 3 aromatic heterocycles. The summed E-state index contributed by atoms with van der Waals surface area (Å²) >= 11 is 0. The average Bonchev–Trinajstić information content (AvgIpc) is 3.79. The van der Waals surface area contributed by atoms with Gasteiger partial charge in [0.05, 0.1) is 5.92 Å². The number of nitrogens with zero attached hydrogens (tertiary/aromatic N) is 7. The number of fused-ring (bicyclic) bond motifs is 1. The molecule has 2 atom stereocenters. The van der Waals surface area contributed by atoms with Crippen molar-refractivity contribution in [3.8, 4) is 0 Å². The quantitative estimate of drug-likeness (QED) is 0.228. The first-order valence-electron chi connectivity index (χ1n) is 18.4. The number of imide groups is 1. The Balaban J connectivity index is 0.864. The molecule has 12 heteroatoms. The zero-order valence-electron chi connectivity index (χ0n) is 29.8. The highest BCUT2D eigenvalue weighted by molar-refractivity contribution is 6.01. The molecule has 4 fully saturated rings. The molecule has 12 nitrogen and oxygen atoms in total. The molecule has 3 amide bonds. The minimum Gasteiger partial charge on any atom is -0.371 e. The van der Waals surface area contributed by atoms with Crippen LogP contribution in [0.25, 0.3) is 11.0 Å². The maximum Gasteiger partial charge on any atom is 0.270 e. The Bertz CT molecular complexity index is 1930. The van der Waals surface area contributed by atoms with Gasteiger partial charge in [0.1, 0.15) is 17.2 Å². The molecular weight excluding hydrogens is 642 g/mol. The maximum atomic E-state index is 13.1. The normalized spacial score (nSPS) is 21.5. The largest absolute Gasteiger partial charge is 0.371 e. The highest BCUT2D eigenvalue weighted by atomic mass is 16.2. The SMILES string of the molecule is C[C@H](c1ccc(Nc2ncc3cc(C(=O)N(C)C)n(C4CCCC4)c3n2)nc1)N1CC2(CCN(c3ccc([C@@H]4CCC(=O)NC4=O)cc3)CC2)C1. The van der Waals surface area contributed by atoms with Gasteiger partial charge in [-0.25, -0.2) is 9.97 Å². The standard InChI is InChI=1S/C39H47N9O3/c1-25(47-23-39(24-47)16-18-46(19-17-39)29-11-8-26(9-12-29)31-13-15-34(49)43-36(31)50)27-10-14-33(40-21-27)42-38-41-22-28-20-32(37(51)45(2)3)48(35(28)44-38)30-6-4-5-7-30/h8-12,14,20-22,25,30-31H,4-7,13,15-19,23-24H2,1-3H3,(H,43,49,50)(H,40,41,42,44)/t25-,31+/m1/s1. The number of aromatic nitrogens is 4. The molecule has 1 aliphatic carbocycles. The number of piperidine rings is 2. The molecule has 4 aliphatic rings. The van der Waals surface area contributed by atoms with Crippen molar-refractivity contribution < 1.29 is 14.4 Å². The fraction of sp³-hybridized carbons (Fsp3) is 0.487. The molecule has 4 aromatic rings. The van der Waals surface area contributed by atoms with Gasteiger partial charge >= 0.3 is 0 Å². The van der Waals surface area contributed by atoms with Crippen LogP contribution in [0.2, 0.25) is 0 Å². The van der Waals surface area contributed by atoms with Crippen LogP contribution in [0.1, 0.15) is 97.9 Å². The Hall–Kier alpha value is -4.84. The molecule has 3 saturated heterocycles. The van der Waals surface area contributed by atoms with E-state index in [1.165, 1.54) is 11.3 Å². The summed E-state index contributed by atoms with van der Waals surface area (Å²) in [6.45, 7) is 6.48. The first-order valence-corrected chi connectivity index (χ1v) is 18.4. The van der Waals surface area contributed by atoms with Gasteiger partial charge in [-0.05, 0) is 79.8 Å².